The third-order valence-corrected chi connectivity index (χ3v) is 3.98. The van der Waals surface area contributed by atoms with Gasteiger partial charge in [-0.05, 0) is 49.2 Å². The summed E-state index contributed by atoms with van der Waals surface area (Å²) in [6.07, 6.45) is 1.47. The molecule has 0 aliphatic carbocycles. The van der Waals surface area contributed by atoms with Crippen molar-refractivity contribution >= 4 is 12.1 Å². The van der Waals surface area contributed by atoms with Crippen molar-refractivity contribution in [2.24, 2.45) is 5.10 Å². The van der Waals surface area contributed by atoms with Crippen molar-refractivity contribution in [3.63, 3.8) is 0 Å². The maximum absolute atomic E-state index is 11.9. The lowest BCUT2D eigenvalue weighted by atomic mass is 10.1. The molecule has 0 aromatic heterocycles. The zero-order valence-corrected chi connectivity index (χ0v) is 16.2. The number of nitrogens with zero attached hydrogens (tertiary/aromatic N) is 1. The quantitative estimate of drug-likeness (QED) is 0.569. The summed E-state index contributed by atoms with van der Waals surface area (Å²) in [6.45, 7) is 3.87. The van der Waals surface area contributed by atoms with Crippen LogP contribution in [0.2, 0.25) is 0 Å². The van der Waals surface area contributed by atoms with Gasteiger partial charge >= 0.3 is 0 Å². The molecular weight excluding hydrogens is 348 g/mol. The van der Waals surface area contributed by atoms with E-state index in [4.69, 9.17) is 18.9 Å². The predicted molar refractivity (Wildman–Crippen MR) is 103 cm³/mol. The summed E-state index contributed by atoms with van der Waals surface area (Å²) in [5, 5.41) is 3.94. The number of amides is 1. The third kappa shape index (κ3) is 5.13. The number of hydrogen-bond donors (Lipinski definition) is 1. The summed E-state index contributed by atoms with van der Waals surface area (Å²) in [5.74, 6) is 1.72. The Hall–Kier alpha value is -3.22. The molecule has 1 N–H and O–H groups in total. The van der Waals surface area contributed by atoms with Crippen LogP contribution in [0.25, 0.3) is 0 Å². The largest absolute Gasteiger partial charge is 0.493 e. The molecule has 0 saturated heterocycles. The van der Waals surface area contributed by atoms with Gasteiger partial charge in [-0.1, -0.05) is 6.07 Å². The lowest BCUT2D eigenvalue weighted by Gasteiger charge is -2.13. The van der Waals surface area contributed by atoms with Crippen LogP contribution >= 0.6 is 0 Å². The first-order valence-electron chi connectivity index (χ1n) is 8.31. The van der Waals surface area contributed by atoms with Crippen molar-refractivity contribution in [3.8, 4) is 23.0 Å². The molecule has 0 heterocycles. The second kappa shape index (κ2) is 9.47. The molecular formula is C20H24N2O5. The fourth-order valence-corrected chi connectivity index (χ4v) is 2.38. The summed E-state index contributed by atoms with van der Waals surface area (Å²) >= 11 is 0. The number of hydrazone groups is 1. The van der Waals surface area contributed by atoms with E-state index in [-0.39, 0.29) is 12.5 Å². The van der Waals surface area contributed by atoms with E-state index in [1.807, 2.05) is 32.0 Å². The highest BCUT2D eigenvalue weighted by Gasteiger charge is 2.14. The Morgan fingerprint density at radius 3 is 2.37 bits per heavy atom. The van der Waals surface area contributed by atoms with Gasteiger partial charge in [-0.3, -0.25) is 4.79 Å². The summed E-state index contributed by atoms with van der Waals surface area (Å²) in [6, 6.07) is 9.15. The van der Waals surface area contributed by atoms with Gasteiger partial charge in [-0.25, -0.2) is 5.43 Å². The van der Waals surface area contributed by atoms with E-state index in [1.54, 1.807) is 19.2 Å². The number of aryl methyl sites for hydroxylation is 2. The molecule has 0 aliphatic rings. The number of hydrogen-bond acceptors (Lipinski definition) is 6. The van der Waals surface area contributed by atoms with Crippen LogP contribution in [0.5, 0.6) is 23.0 Å². The number of nitrogens with one attached hydrogen (secondary N) is 1. The van der Waals surface area contributed by atoms with Gasteiger partial charge in [0, 0.05) is 5.56 Å². The normalized spacial score (nSPS) is 10.6. The van der Waals surface area contributed by atoms with Crippen molar-refractivity contribution in [2.75, 3.05) is 27.9 Å². The predicted octanol–water partition coefficient (Wildman–Crippen LogP) is 2.86. The molecule has 144 valence electrons. The summed E-state index contributed by atoms with van der Waals surface area (Å²) < 4.78 is 21.4. The number of benzene rings is 2. The van der Waals surface area contributed by atoms with Gasteiger partial charge in [0.15, 0.2) is 18.1 Å². The number of ether oxygens (including phenoxy) is 4. The molecule has 0 fully saturated rings. The molecule has 7 nitrogen and oxygen atoms in total. The molecule has 0 radical (unpaired) electrons. The van der Waals surface area contributed by atoms with Crippen LogP contribution < -0.4 is 24.4 Å². The van der Waals surface area contributed by atoms with Crippen LogP contribution in [-0.2, 0) is 4.79 Å². The second-order valence-corrected chi connectivity index (χ2v) is 5.75. The fourth-order valence-electron chi connectivity index (χ4n) is 2.38. The lowest BCUT2D eigenvalue weighted by molar-refractivity contribution is -0.123. The van der Waals surface area contributed by atoms with Crippen LogP contribution in [0.1, 0.15) is 16.7 Å². The number of rotatable bonds is 8. The van der Waals surface area contributed by atoms with E-state index in [2.05, 4.69) is 10.5 Å². The highest BCUT2D eigenvalue weighted by atomic mass is 16.5. The van der Waals surface area contributed by atoms with Crippen molar-refractivity contribution in [1.29, 1.82) is 0 Å². The fraction of sp³-hybridized carbons (Fsp3) is 0.300. The first-order chi connectivity index (χ1) is 13.0. The van der Waals surface area contributed by atoms with Crippen LogP contribution in [0, 0.1) is 13.8 Å². The molecule has 1 amide bonds. The Bertz CT molecular complexity index is 833. The number of carbonyl (C=O) groups excluding carboxylic acids is 1. The van der Waals surface area contributed by atoms with Gasteiger partial charge < -0.3 is 18.9 Å². The summed E-state index contributed by atoms with van der Waals surface area (Å²) in [5.41, 5.74) is 5.32. The van der Waals surface area contributed by atoms with E-state index in [0.29, 0.717) is 28.6 Å². The van der Waals surface area contributed by atoms with Crippen LogP contribution in [0.4, 0.5) is 0 Å². The maximum atomic E-state index is 11.9. The van der Waals surface area contributed by atoms with E-state index in [1.165, 1.54) is 26.0 Å². The Kier molecular flexibility index (Phi) is 7.05. The second-order valence-electron chi connectivity index (χ2n) is 5.75. The lowest BCUT2D eigenvalue weighted by Crippen LogP contribution is -2.24. The zero-order valence-electron chi connectivity index (χ0n) is 16.2. The van der Waals surface area contributed by atoms with Crippen LogP contribution in [-0.4, -0.2) is 40.1 Å². The van der Waals surface area contributed by atoms with Crippen molar-refractivity contribution in [2.45, 2.75) is 13.8 Å². The van der Waals surface area contributed by atoms with Crippen LogP contribution in [0.15, 0.2) is 35.4 Å². The molecule has 27 heavy (non-hydrogen) atoms. The average molecular weight is 372 g/mol. The first-order valence-corrected chi connectivity index (χ1v) is 8.31. The minimum absolute atomic E-state index is 0.136. The molecule has 7 heteroatoms. The van der Waals surface area contributed by atoms with E-state index >= 15 is 0 Å². The maximum Gasteiger partial charge on any atom is 0.277 e. The van der Waals surface area contributed by atoms with Gasteiger partial charge in [0.1, 0.15) is 5.75 Å². The first kappa shape index (κ1) is 20.1. The minimum Gasteiger partial charge on any atom is -0.493 e. The number of carbonyl (C=O) groups is 1. The van der Waals surface area contributed by atoms with Gasteiger partial charge in [0.2, 0.25) is 5.75 Å². The van der Waals surface area contributed by atoms with E-state index < -0.39 is 0 Å². The molecule has 0 aliphatic heterocycles. The third-order valence-electron chi connectivity index (χ3n) is 3.98. The topological polar surface area (TPSA) is 78.4 Å². The smallest absolute Gasteiger partial charge is 0.277 e. The SMILES string of the molecule is COc1ccc(/C=N\NC(=O)COc2ccc(C)c(C)c2)c(OC)c1OC. The van der Waals surface area contributed by atoms with Crippen molar-refractivity contribution < 1.29 is 23.7 Å². The zero-order chi connectivity index (χ0) is 19.8. The van der Waals surface area contributed by atoms with Crippen LogP contribution in [0.3, 0.4) is 0 Å². The van der Waals surface area contributed by atoms with Gasteiger partial charge in [-0.15, -0.1) is 0 Å². The summed E-state index contributed by atoms with van der Waals surface area (Å²) in [7, 11) is 4.58. The van der Waals surface area contributed by atoms with Crippen molar-refractivity contribution in [1.82, 2.24) is 5.43 Å². The monoisotopic (exact) mass is 372 g/mol. The Balaban J connectivity index is 1.98. The molecule has 0 unspecified atom stereocenters. The molecule has 0 atom stereocenters. The highest BCUT2D eigenvalue weighted by Crippen LogP contribution is 2.38. The molecule has 0 bridgehead atoms. The average Bonchev–Trinajstić information content (AvgIpc) is 2.68. The molecule has 2 rings (SSSR count). The summed E-state index contributed by atoms with van der Waals surface area (Å²) in [4.78, 5) is 11.9. The van der Waals surface area contributed by atoms with Gasteiger partial charge in [0.05, 0.1) is 27.5 Å². The molecule has 0 saturated carbocycles. The Labute approximate surface area is 158 Å². The Morgan fingerprint density at radius 1 is 1.00 bits per heavy atom. The minimum atomic E-state index is -0.371. The molecule has 2 aromatic rings. The molecule has 0 spiro atoms. The van der Waals surface area contributed by atoms with E-state index in [0.717, 1.165) is 5.56 Å². The van der Waals surface area contributed by atoms with Gasteiger partial charge in [0.25, 0.3) is 5.91 Å². The highest BCUT2D eigenvalue weighted by molar-refractivity contribution is 5.87. The Morgan fingerprint density at radius 2 is 1.74 bits per heavy atom. The number of methoxy groups -OCH3 is 3. The van der Waals surface area contributed by atoms with E-state index in [9.17, 15) is 4.79 Å². The standard InChI is InChI=1S/C20H24N2O5/c1-13-6-8-16(10-14(13)2)27-12-18(23)22-21-11-15-7-9-17(24-3)20(26-5)19(15)25-4/h6-11H,12H2,1-5H3,(H,22,23)/b21-11-. The molecule has 2 aromatic carbocycles. The van der Waals surface area contributed by atoms with Crippen molar-refractivity contribution in [3.05, 3.63) is 47.0 Å². The van der Waals surface area contributed by atoms with Gasteiger partial charge in [-0.2, -0.15) is 5.10 Å².